The van der Waals surface area contributed by atoms with E-state index in [1.54, 1.807) is 91.8 Å². The molecule has 3 aliphatic heterocycles. The molecule has 0 saturated heterocycles. The average Bonchev–Trinajstić information content (AvgIpc) is 1.60. The molecule has 0 bridgehead atoms. The van der Waals surface area contributed by atoms with Gasteiger partial charge < -0.3 is 47.9 Å². The van der Waals surface area contributed by atoms with E-state index in [2.05, 4.69) is 139 Å². The number of thiophene rings is 1. The summed E-state index contributed by atoms with van der Waals surface area (Å²) in [5.74, 6) is -1.35. The monoisotopic (exact) mass is 2230 g/mol. The van der Waals surface area contributed by atoms with Crippen molar-refractivity contribution in [2.24, 2.45) is 0 Å². The van der Waals surface area contributed by atoms with Gasteiger partial charge in [-0.3, -0.25) is 19.2 Å². The fourth-order valence-corrected chi connectivity index (χ4v) is 23.1. The van der Waals surface area contributed by atoms with Gasteiger partial charge in [0.05, 0.1) is 44.5 Å². The number of alkyl halides is 4. The molecule has 650 valence electrons. The Bertz CT molecular complexity index is 5540. The number of nitrogens with one attached hydrogen (secondary N) is 1. The predicted molar refractivity (Wildman–Crippen MR) is 533 cm³/mol. The lowest BCUT2D eigenvalue weighted by Crippen LogP contribution is -2.28. The number of carbonyl (C=O) groups excluding carboxylic acids is 8. The summed E-state index contributed by atoms with van der Waals surface area (Å²) in [6.07, 6.45) is 0.944. The number of fused-ring (bicyclic) bond motifs is 9. The number of benzene rings is 12. The van der Waals surface area contributed by atoms with Gasteiger partial charge in [-0.05, 0) is 237 Å². The number of para-hydroxylation sites is 4. The Morgan fingerprint density at radius 3 is 0.850 bits per heavy atom. The van der Waals surface area contributed by atoms with Crippen LogP contribution in [0.3, 0.4) is 0 Å². The van der Waals surface area contributed by atoms with Gasteiger partial charge in [-0.1, -0.05) is 200 Å². The molecular weight excluding hydrogens is 2130 g/mol. The van der Waals surface area contributed by atoms with Crippen molar-refractivity contribution in [1.82, 2.24) is 0 Å². The van der Waals surface area contributed by atoms with E-state index in [1.807, 2.05) is 212 Å². The first kappa shape index (κ1) is 94.8. The van der Waals surface area contributed by atoms with Crippen LogP contribution in [-0.4, -0.2) is 114 Å². The van der Waals surface area contributed by atoms with E-state index < -0.39 is 37.6 Å². The molecule has 1 N–H and O–H groups in total. The molecule has 0 atom stereocenters. The van der Waals surface area contributed by atoms with Gasteiger partial charge in [0.1, 0.15) is 88.3 Å². The van der Waals surface area contributed by atoms with Crippen molar-refractivity contribution in [3.8, 4) is 16.4 Å². The van der Waals surface area contributed by atoms with Crippen LogP contribution in [0.5, 0.6) is 11.5 Å². The Kier molecular flexibility index (Phi) is 32.1. The normalized spacial score (nSPS) is 12.6. The number of hydrogen-bond acceptors (Lipinski definition) is 18. The van der Waals surface area contributed by atoms with E-state index >= 15 is 0 Å². The minimum Gasteiger partial charge on any atom is -0.461 e. The number of hydrogen-bond donors (Lipinski definition) is 1. The number of carbonyl (C=O) groups is 8. The standard InChI is InChI=1S/C26H24IO4S.C25H23INO4S.C25H22IO5S.C25H22IO4S/c1-26(2,27)25(29)31-16-15-30-24(28)18-11-13-21(14-12-18)32-22-9-5-3-7-19(22)17-20-8-4-6-10-23(20)32;1-25(2,26)24(29)31-16-15-30-23(28)17-11-13-18(14-12-17)32-21-9-5-3-7-19(21)27-20-8-4-6-10-22(20)32;1-25(2,26)24(28)30-16-15-29-23(27)17-11-13-18(14-12-17)32-21-9-5-3-7-19(21)31-20-8-4-6-10-22(20)32;1-25(2,26)24(28)30-16-15-29-23(27)17-11-13-18(14-12-17)31-21-9-5-3-7-19(21)20-8-4-6-10-22(20)31/h3-14H,15-17H2,1-2H3;3-14,27H,15-16H2,1-2H3;3-14H,15-16H2,1-2H3;3-14H,15-16H2,1-2H3/q4*+1. The van der Waals surface area contributed by atoms with Gasteiger partial charge in [0.2, 0.25) is 9.79 Å². The molecule has 0 amide bonds. The molecule has 16 rings (SSSR count). The summed E-state index contributed by atoms with van der Waals surface area (Å²) in [7, 11) is -1.01. The van der Waals surface area contributed by atoms with Gasteiger partial charge in [-0.15, -0.1) is 0 Å². The predicted octanol–water partition coefficient (Wildman–Crippen LogP) is 23.8. The minimum atomic E-state index is -0.611. The third-order valence-electron chi connectivity index (χ3n) is 19.6. The smallest absolute Gasteiger partial charge is 0.338 e. The van der Waals surface area contributed by atoms with Gasteiger partial charge in [0.15, 0.2) is 60.1 Å². The lowest BCUT2D eigenvalue weighted by atomic mass is 10.0. The van der Waals surface area contributed by atoms with E-state index in [4.69, 9.17) is 42.6 Å². The SMILES string of the molecule is CC(C)(I)C(=O)OCCOC(=O)c1ccc(-[s+]2c3ccccc3c3ccccc32)cc1.CC(C)(I)C(=O)OCCOC(=O)c1ccc([S+]2c3ccccc3Cc3ccccc32)cc1.CC(C)(I)C(=O)OCCOC(=O)c1ccc([S+]2c3ccccc3Nc3ccccc32)cc1.CC(C)(I)C(=O)OCCOC(=O)c1ccc([S+]2c3ccccc3Oc3ccccc32)cc1. The second-order valence-corrected chi connectivity index (χ2v) is 49.4. The first-order chi connectivity index (χ1) is 60.9. The minimum absolute atomic E-state index is 0.0154. The Hall–Kier alpha value is -9.81. The molecule has 26 heteroatoms. The topological polar surface area (TPSA) is 232 Å². The number of rotatable bonds is 24. The highest BCUT2D eigenvalue weighted by molar-refractivity contribution is 14.1. The zero-order chi connectivity index (χ0) is 90.2. The molecule has 127 heavy (non-hydrogen) atoms. The Labute approximate surface area is 804 Å². The number of anilines is 2. The van der Waals surface area contributed by atoms with Crippen molar-refractivity contribution in [3.05, 3.63) is 325 Å². The highest BCUT2D eigenvalue weighted by atomic mass is 127. The zero-order valence-corrected chi connectivity index (χ0v) is 82.6. The van der Waals surface area contributed by atoms with E-state index in [0.29, 0.717) is 22.3 Å². The molecule has 0 fully saturated rings. The van der Waals surface area contributed by atoms with Crippen molar-refractivity contribution in [2.45, 2.75) is 120 Å². The quantitative estimate of drug-likeness (QED) is 0.0148. The average molecular weight is 2230 g/mol. The van der Waals surface area contributed by atoms with Gasteiger partial charge in [0, 0.05) is 38.8 Å². The largest absolute Gasteiger partial charge is 0.461 e. The summed E-state index contributed by atoms with van der Waals surface area (Å²) in [5, 5.41) is 6.06. The highest BCUT2D eigenvalue weighted by Gasteiger charge is 2.42. The molecule has 1 aromatic heterocycles. The van der Waals surface area contributed by atoms with Gasteiger partial charge >= 0.3 is 47.8 Å². The van der Waals surface area contributed by atoms with E-state index in [0.717, 1.165) is 53.8 Å². The molecule has 13 aromatic rings. The van der Waals surface area contributed by atoms with Crippen molar-refractivity contribution < 1.29 is 81.0 Å². The van der Waals surface area contributed by atoms with Gasteiger partial charge in [0.25, 0.3) is 0 Å². The fraction of sp³-hybridized carbons (Fsp3) is 0.208. The lowest BCUT2D eigenvalue weighted by molar-refractivity contribution is -0.146. The van der Waals surface area contributed by atoms with E-state index in [1.165, 1.54) is 55.8 Å². The van der Waals surface area contributed by atoms with Crippen LogP contribution in [0.2, 0.25) is 0 Å². The molecule has 0 aliphatic carbocycles. The molecule has 0 saturated carbocycles. The molecular formula is C101H91I4NO17S4+4. The first-order valence-electron chi connectivity index (χ1n) is 40.6. The van der Waals surface area contributed by atoms with Crippen LogP contribution in [0.25, 0.3) is 25.1 Å². The van der Waals surface area contributed by atoms with Crippen LogP contribution >= 0.6 is 101 Å². The summed E-state index contributed by atoms with van der Waals surface area (Å²) >= 11 is 8.05. The summed E-state index contributed by atoms with van der Waals surface area (Å²) < 4.78 is 47.8. The summed E-state index contributed by atoms with van der Waals surface area (Å²) in [5.41, 5.74) is 6.78. The maximum absolute atomic E-state index is 12.4. The maximum atomic E-state index is 12.4. The van der Waals surface area contributed by atoms with Crippen molar-refractivity contribution in [2.75, 3.05) is 58.2 Å². The van der Waals surface area contributed by atoms with Gasteiger partial charge in [-0.2, -0.15) is 0 Å². The number of halogens is 4. The second-order valence-electron chi connectivity index (χ2n) is 30.8. The van der Waals surface area contributed by atoms with Crippen LogP contribution in [0.1, 0.15) is 108 Å². The van der Waals surface area contributed by atoms with Crippen molar-refractivity contribution >= 4 is 213 Å². The summed E-state index contributed by atoms with van der Waals surface area (Å²) in [4.78, 5) is 108. The van der Waals surface area contributed by atoms with Crippen molar-refractivity contribution in [1.29, 1.82) is 0 Å². The maximum Gasteiger partial charge on any atom is 0.338 e. The van der Waals surface area contributed by atoms with Crippen molar-refractivity contribution in [3.63, 3.8) is 0 Å². The lowest BCUT2D eigenvalue weighted by Gasteiger charge is -2.20. The van der Waals surface area contributed by atoms with Gasteiger partial charge in [-0.25, -0.2) is 19.2 Å². The molecule has 3 aliphatic rings. The number of esters is 8. The molecule has 18 nitrogen and oxygen atoms in total. The zero-order valence-electron chi connectivity index (χ0n) is 70.7. The molecule has 0 radical (unpaired) electrons. The molecule has 4 heterocycles. The Balaban J connectivity index is 0.000000145. The van der Waals surface area contributed by atoms with E-state index in [9.17, 15) is 38.4 Å². The van der Waals surface area contributed by atoms with E-state index in [-0.39, 0.29) is 120 Å². The molecule has 12 aromatic carbocycles. The Morgan fingerprint density at radius 2 is 0.528 bits per heavy atom. The second kappa shape index (κ2) is 43.1. The van der Waals surface area contributed by atoms with Crippen LogP contribution in [0.15, 0.2) is 335 Å². The highest BCUT2D eigenvalue weighted by Crippen LogP contribution is 2.50. The fourth-order valence-electron chi connectivity index (χ4n) is 13.3. The van der Waals surface area contributed by atoms with Crippen LogP contribution < -0.4 is 10.1 Å². The third kappa shape index (κ3) is 24.2. The first-order valence-corrected chi connectivity index (χ1v) is 49.8. The number of ether oxygens (including phenoxy) is 9. The molecule has 0 unspecified atom stereocenters. The molecule has 0 spiro atoms. The summed E-state index contributed by atoms with van der Waals surface area (Å²) in [6.45, 7) is 14.4. The summed E-state index contributed by atoms with van der Waals surface area (Å²) in [6, 6.07) is 97.0. The van der Waals surface area contributed by atoms with Crippen LogP contribution in [0, 0.1) is 0 Å². The van der Waals surface area contributed by atoms with Crippen LogP contribution in [-0.2, 0) is 96.2 Å². The third-order valence-corrected chi connectivity index (χ3v) is 30.7. The van der Waals surface area contributed by atoms with Crippen LogP contribution in [0.4, 0.5) is 11.4 Å². The Morgan fingerprint density at radius 1 is 0.283 bits per heavy atom.